The zero-order chi connectivity index (χ0) is 21.2. The minimum Gasteiger partial charge on any atom is -0.326 e. The highest BCUT2D eigenvalue weighted by Gasteiger charge is 2.32. The number of carbonyl (C=O) groups is 1. The Bertz CT molecular complexity index is 508. The number of anilines is 1. The van der Waals surface area contributed by atoms with Crippen LogP contribution in [0.1, 0.15) is 75.7 Å². The van der Waals surface area contributed by atoms with E-state index in [0.29, 0.717) is 0 Å². The molecule has 0 aromatic heterocycles. The third kappa shape index (κ3) is 9.38. The van der Waals surface area contributed by atoms with Crippen molar-refractivity contribution < 1.29 is 4.79 Å². The van der Waals surface area contributed by atoms with Crippen LogP contribution in [0.25, 0.3) is 0 Å². The molecule has 152 valence electrons. The minimum absolute atomic E-state index is 0.0828. The Kier molecular flexibility index (Phi) is 11.8. The number of hydrogen-bond donors (Lipinski definition) is 1. The van der Waals surface area contributed by atoms with Gasteiger partial charge in [-0.05, 0) is 30.9 Å². The zero-order valence-electron chi connectivity index (χ0n) is 19.6. The lowest BCUT2D eigenvalue weighted by atomic mass is 9.75. The monoisotopic (exact) mass is 365 g/mol. The standard InChI is InChI=1S/C19H32N2O.2C2H6/c1-9-21(7,8)16-12-10-15(11-13-16)20-17(22)19(5,6)14-18(2,3)4;2*1-2/h10-13H,9,14H2,1-8H3;2*1-2H3/p+1. The molecule has 1 amide bonds. The highest BCUT2D eigenvalue weighted by Crippen LogP contribution is 2.34. The average molecular weight is 366 g/mol. The predicted molar refractivity (Wildman–Crippen MR) is 120 cm³/mol. The van der Waals surface area contributed by atoms with Crippen LogP contribution in [0.4, 0.5) is 11.4 Å². The van der Waals surface area contributed by atoms with Crippen LogP contribution in [0.15, 0.2) is 24.3 Å². The molecular formula is C23H45N2O+. The van der Waals surface area contributed by atoms with Crippen LogP contribution in [0.2, 0.25) is 0 Å². The van der Waals surface area contributed by atoms with E-state index in [9.17, 15) is 4.79 Å². The predicted octanol–water partition coefficient (Wildman–Crippen LogP) is 6.73. The maximum Gasteiger partial charge on any atom is 0.230 e. The van der Waals surface area contributed by atoms with Gasteiger partial charge in [-0.3, -0.25) is 9.28 Å². The van der Waals surface area contributed by atoms with E-state index in [2.05, 4.69) is 59.2 Å². The second kappa shape index (κ2) is 11.4. The molecule has 0 saturated carbocycles. The van der Waals surface area contributed by atoms with Gasteiger partial charge in [0.1, 0.15) is 5.69 Å². The Balaban J connectivity index is 0. The second-order valence-electron chi connectivity index (χ2n) is 8.62. The van der Waals surface area contributed by atoms with Gasteiger partial charge >= 0.3 is 0 Å². The molecule has 0 heterocycles. The topological polar surface area (TPSA) is 29.1 Å². The second-order valence-corrected chi connectivity index (χ2v) is 8.62. The molecule has 26 heavy (non-hydrogen) atoms. The van der Waals surface area contributed by atoms with Crippen LogP contribution in [-0.4, -0.2) is 26.5 Å². The van der Waals surface area contributed by atoms with Gasteiger partial charge < -0.3 is 5.32 Å². The van der Waals surface area contributed by atoms with E-state index in [-0.39, 0.29) is 16.7 Å². The first-order chi connectivity index (χ1) is 11.9. The molecule has 1 rings (SSSR count). The first-order valence-corrected chi connectivity index (χ1v) is 10.1. The number of rotatable bonds is 5. The van der Waals surface area contributed by atoms with Crippen molar-refractivity contribution in [1.82, 2.24) is 4.48 Å². The van der Waals surface area contributed by atoms with Crippen molar-refractivity contribution in [2.75, 3.05) is 26.0 Å². The summed E-state index contributed by atoms with van der Waals surface area (Å²) in [5.41, 5.74) is 1.87. The number of nitrogens with one attached hydrogen (secondary N) is 1. The Morgan fingerprint density at radius 1 is 0.923 bits per heavy atom. The number of amides is 1. The number of benzene rings is 1. The van der Waals surface area contributed by atoms with Crippen LogP contribution in [0.3, 0.4) is 0 Å². The first kappa shape index (κ1) is 26.9. The van der Waals surface area contributed by atoms with E-state index in [1.165, 1.54) is 5.69 Å². The Morgan fingerprint density at radius 2 is 1.35 bits per heavy atom. The van der Waals surface area contributed by atoms with Gasteiger partial charge in [0.15, 0.2) is 0 Å². The Labute approximate surface area is 163 Å². The van der Waals surface area contributed by atoms with Crippen molar-refractivity contribution in [3.05, 3.63) is 24.3 Å². The van der Waals surface area contributed by atoms with Crippen molar-refractivity contribution in [1.29, 1.82) is 0 Å². The van der Waals surface area contributed by atoms with Crippen LogP contribution in [0.5, 0.6) is 0 Å². The molecule has 0 unspecified atom stereocenters. The van der Waals surface area contributed by atoms with Gasteiger partial charge in [0.25, 0.3) is 0 Å². The molecule has 0 fully saturated rings. The molecule has 3 heteroatoms. The molecule has 0 aliphatic heterocycles. The lowest BCUT2D eigenvalue weighted by Crippen LogP contribution is -2.39. The van der Waals surface area contributed by atoms with Gasteiger partial charge in [-0.1, -0.05) is 62.3 Å². The normalized spacial score (nSPS) is 11.5. The van der Waals surface area contributed by atoms with E-state index in [1.807, 2.05) is 53.7 Å². The van der Waals surface area contributed by atoms with E-state index >= 15 is 0 Å². The summed E-state index contributed by atoms with van der Waals surface area (Å²) in [6.45, 7) is 21.7. The lowest BCUT2D eigenvalue weighted by molar-refractivity contribution is -0.125. The van der Waals surface area contributed by atoms with Crippen LogP contribution in [0, 0.1) is 10.8 Å². The molecule has 1 aromatic rings. The SMILES string of the molecule is CC.CC.CC[N+](C)(C)c1ccc(NC(=O)C(C)(C)CC(C)(C)C)cc1. The van der Waals surface area contributed by atoms with Gasteiger partial charge in [0.05, 0.1) is 20.6 Å². The minimum atomic E-state index is -0.379. The van der Waals surface area contributed by atoms with Crippen molar-refractivity contribution in [3.8, 4) is 0 Å². The summed E-state index contributed by atoms with van der Waals surface area (Å²) in [4.78, 5) is 12.5. The third-order valence-electron chi connectivity index (χ3n) is 4.20. The average Bonchev–Trinajstić information content (AvgIpc) is 2.57. The fourth-order valence-electron chi connectivity index (χ4n) is 2.84. The molecule has 0 aliphatic carbocycles. The van der Waals surface area contributed by atoms with E-state index < -0.39 is 0 Å². The maximum atomic E-state index is 12.5. The maximum absolute atomic E-state index is 12.5. The van der Waals surface area contributed by atoms with Crippen molar-refractivity contribution in [2.24, 2.45) is 10.8 Å². The fourth-order valence-corrected chi connectivity index (χ4v) is 2.84. The number of hydrogen-bond acceptors (Lipinski definition) is 1. The molecule has 0 bridgehead atoms. The Hall–Kier alpha value is -1.35. The van der Waals surface area contributed by atoms with Crippen molar-refractivity contribution in [2.45, 2.75) is 75.7 Å². The van der Waals surface area contributed by atoms with E-state index in [1.54, 1.807) is 0 Å². The van der Waals surface area contributed by atoms with Crippen molar-refractivity contribution >= 4 is 17.3 Å². The van der Waals surface area contributed by atoms with Gasteiger partial charge in [0.2, 0.25) is 5.91 Å². The fraction of sp³-hybridized carbons (Fsp3) is 0.696. The van der Waals surface area contributed by atoms with Gasteiger partial charge in [0, 0.05) is 23.2 Å². The number of nitrogens with zero attached hydrogens (tertiary/aromatic N) is 1. The molecule has 1 aromatic carbocycles. The highest BCUT2D eigenvalue weighted by atomic mass is 16.2. The number of quaternary nitrogens is 1. The summed E-state index contributed by atoms with van der Waals surface area (Å²) in [7, 11) is 4.36. The molecule has 0 atom stereocenters. The van der Waals surface area contributed by atoms with E-state index in [4.69, 9.17) is 0 Å². The molecule has 3 nitrogen and oxygen atoms in total. The van der Waals surface area contributed by atoms with Gasteiger partial charge in [-0.2, -0.15) is 0 Å². The molecule has 0 radical (unpaired) electrons. The third-order valence-corrected chi connectivity index (χ3v) is 4.20. The smallest absolute Gasteiger partial charge is 0.230 e. The first-order valence-electron chi connectivity index (χ1n) is 10.1. The summed E-state index contributed by atoms with van der Waals surface area (Å²) in [5.74, 6) is 0.0828. The molecule has 0 aliphatic rings. The molecular weight excluding hydrogens is 320 g/mol. The van der Waals surface area contributed by atoms with Crippen LogP contribution >= 0.6 is 0 Å². The molecule has 0 saturated heterocycles. The zero-order valence-corrected chi connectivity index (χ0v) is 19.6. The summed E-state index contributed by atoms with van der Waals surface area (Å²) < 4.78 is 0.837. The van der Waals surface area contributed by atoms with Gasteiger partial charge in [-0.25, -0.2) is 0 Å². The quantitative estimate of drug-likeness (QED) is 0.576. The van der Waals surface area contributed by atoms with E-state index in [0.717, 1.165) is 23.1 Å². The highest BCUT2D eigenvalue weighted by molar-refractivity contribution is 5.94. The Morgan fingerprint density at radius 3 is 1.69 bits per heavy atom. The molecule has 0 spiro atoms. The number of carbonyl (C=O) groups excluding carboxylic acids is 1. The van der Waals surface area contributed by atoms with Gasteiger partial charge in [-0.15, -0.1) is 0 Å². The molecule has 1 N–H and O–H groups in total. The summed E-state index contributed by atoms with van der Waals surface area (Å²) in [6.07, 6.45) is 0.851. The lowest BCUT2D eigenvalue weighted by Gasteiger charge is -2.31. The van der Waals surface area contributed by atoms with Crippen LogP contribution < -0.4 is 9.80 Å². The van der Waals surface area contributed by atoms with Crippen LogP contribution in [-0.2, 0) is 4.79 Å². The largest absolute Gasteiger partial charge is 0.326 e. The summed E-state index contributed by atoms with van der Waals surface area (Å²) in [6, 6.07) is 8.18. The summed E-state index contributed by atoms with van der Waals surface area (Å²) >= 11 is 0. The van der Waals surface area contributed by atoms with Crippen molar-refractivity contribution in [3.63, 3.8) is 0 Å². The summed E-state index contributed by atoms with van der Waals surface area (Å²) in [5, 5.41) is 3.06.